The van der Waals surface area contributed by atoms with Gasteiger partial charge in [-0.05, 0) is 11.6 Å². The van der Waals surface area contributed by atoms with Crippen LogP contribution in [0.4, 0.5) is 0 Å². The summed E-state index contributed by atoms with van der Waals surface area (Å²) in [6.45, 7) is 0.376. The Morgan fingerprint density at radius 3 is 2.68 bits per heavy atom. The molecule has 3 rings (SSSR count). The molecule has 1 aliphatic heterocycles. The van der Waals surface area contributed by atoms with E-state index in [1.807, 2.05) is 30.3 Å². The summed E-state index contributed by atoms with van der Waals surface area (Å²) in [4.78, 5) is 32.7. The van der Waals surface area contributed by atoms with Gasteiger partial charge in [-0.2, -0.15) is 0 Å². The van der Waals surface area contributed by atoms with Crippen LogP contribution in [-0.2, 0) is 22.6 Å². The predicted molar refractivity (Wildman–Crippen MR) is 92.9 cm³/mol. The molecule has 0 spiro atoms. The Kier molecular flexibility index (Phi) is 4.97. The molecule has 0 radical (unpaired) electrons. The minimum Gasteiger partial charge on any atom is -0.497 e. The van der Waals surface area contributed by atoms with E-state index in [0.29, 0.717) is 17.9 Å². The van der Waals surface area contributed by atoms with Gasteiger partial charge in [0.05, 0.1) is 25.9 Å². The van der Waals surface area contributed by atoms with Crippen LogP contribution >= 0.6 is 0 Å². The molecule has 0 unspecified atom stereocenters. The molecular weight excluding hydrogens is 318 g/mol. The van der Waals surface area contributed by atoms with Crippen LogP contribution in [-0.4, -0.2) is 53.3 Å². The van der Waals surface area contributed by atoms with Crippen molar-refractivity contribution in [3.8, 4) is 5.75 Å². The number of carbonyl (C=O) groups is 2. The molecular formula is C19H21N3O3. The zero-order valence-corrected chi connectivity index (χ0v) is 14.4. The Morgan fingerprint density at radius 2 is 1.96 bits per heavy atom. The molecule has 25 heavy (non-hydrogen) atoms. The van der Waals surface area contributed by atoms with Crippen LogP contribution in [0.3, 0.4) is 0 Å². The summed E-state index contributed by atoms with van der Waals surface area (Å²) in [5.41, 5.74) is 1.72. The van der Waals surface area contributed by atoms with Crippen LogP contribution in [0.2, 0.25) is 0 Å². The van der Waals surface area contributed by atoms with Crippen LogP contribution in [0.1, 0.15) is 11.3 Å². The van der Waals surface area contributed by atoms with Crippen LogP contribution in [0.15, 0.2) is 48.7 Å². The molecule has 1 aliphatic rings. The number of aromatic nitrogens is 1. The van der Waals surface area contributed by atoms with Crippen LogP contribution < -0.4 is 4.74 Å². The lowest BCUT2D eigenvalue weighted by atomic mass is 10.0. The van der Waals surface area contributed by atoms with E-state index in [4.69, 9.17) is 4.74 Å². The van der Waals surface area contributed by atoms with E-state index in [-0.39, 0.29) is 24.9 Å². The molecule has 0 N–H and O–H groups in total. The summed E-state index contributed by atoms with van der Waals surface area (Å²) in [6, 6.07) is 12.7. The summed E-state index contributed by atoms with van der Waals surface area (Å²) in [5, 5.41) is 0. The number of likely N-dealkylation sites (N-methyl/N-ethyl adjacent to an activating group) is 1. The number of pyridine rings is 1. The molecule has 0 aliphatic carbocycles. The second-order valence-corrected chi connectivity index (χ2v) is 6.11. The second kappa shape index (κ2) is 7.34. The second-order valence-electron chi connectivity index (χ2n) is 6.11. The highest BCUT2D eigenvalue weighted by molar-refractivity contribution is 5.94. The SMILES string of the molecule is COc1ccnc(CN2C(=O)CN(C)C(=O)[C@H]2Cc2ccccc2)c1. The number of ether oxygens (including phenoxy) is 1. The molecule has 2 aromatic rings. The van der Waals surface area contributed by atoms with Gasteiger partial charge in [-0.25, -0.2) is 0 Å². The van der Waals surface area contributed by atoms with E-state index in [2.05, 4.69) is 4.98 Å². The summed E-state index contributed by atoms with van der Waals surface area (Å²) in [6.07, 6.45) is 2.13. The lowest BCUT2D eigenvalue weighted by molar-refractivity contribution is -0.155. The van der Waals surface area contributed by atoms with Gasteiger partial charge in [0.1, 0.15) is 11.8 Å². The number of piperazine rings is 1. The first-order chi connectivity index (χ1) is 12.1. The van der Waals surface area contributed by atoms with Gasteiger partial charge in [0.15, 0.2) is 0 Å². The molecule has 6 heteroatoms. The Balaban J connectivity index is 1.86. The van der Waals surface area contributed by atoms with Crippen LogP contribution in [0.25, 0.3) is 0 Å². The van der Waals surface area contributed by atoms with Crippen molar-refractivity contribution in [3.63, 3.8) is 0 Å². The van der Waals surface area contributed by atoms with E-state index in [1.165, 1.54) is 4.90 Å². The lowest BCUT2D eigenvalue weighted by Gasteiger charge is -2.38. The first kappa shape index (κ1) is 17.0. The quantitative estimate of drug-likeness (QED) is 0.828. The monoisotopic (exact) mass is 339 g/mol. The van der Waals surface area contributed by atoms with Crippen LogP contribution in [0, 0.1) is 0 Å². The minimum atomic E-state index is -0.526. The maximum absolute atomic E-state index is 12.7. The number of benzene rings is 1. The average molecular weight is 339 g/mol. The number of rotatable bonds is 5. The first-order valence-corrected chi connectivity index (χ1v) is 8.16. The number of hydrogen-bond acceptors (Lipinski definition) is 4. The van der Waals surface area contributed by atoms with Gasteiger partial charge >= 0.3 is 0 Å². The summed E-state index contributed by atoms with van der Waals surface area (Å²) in [7, 11) is 3.25. The summed E-state index contributed by atoms with van der Waals surface area (Å²) >= 11 is 0. The van der Waals surface area contributed by atoms with E-state index in [1.54, 1.807) is 37.4 Å². The molecule has 130 valence electrons. The van der Waals surface area contributed by atoms with Crippen molar-refractivity contribution in [2.75, 3.05) is 20.7 Å². The van der Waals surface area contributed by atoms with Gasteiger partial charge in [-0.1, -0.05) is 30.3 Å². The van der Waals surface area contributed by atoms with Gasteiger partial charge < -0.3 is 14.5 Å². The highest BCUT2D eigenvalue weighted by atomic mass is 16.5. The van der Waals surface area contributed by atoms with Gasteiger partial charge in [0.25, 0.3) is 0 Å². The standard InChI is InChI=1S/C19H21N3O3/c1-21-13-18(23)22(12-15-11-16(25-2)8-9-20-15)17(19(21)24)10-14-6-4-3-5-7-14/h3-9,11,17H,10,12-13H2,1-2H3/t17-/m1/s1. The fourth-order valence-electron chi connectivity index (χ4n) is 3.01. The molecule has 1 fully saturated rings. The van der Waals surface area contributed by atoms with Crippen molar-refractivity contribution >= 4 is 11.8 Å². The van der Waals surface area contributed by atoms with Crippen molar-refractivity contribution in [2.24, 2.45) is 0 Å². The van der Waals surface area contributed by atoms with Crippen LogP contribution in [0.5, 0.6) is 5.75 Å². The third-order valence-corrected chi connectivity index (χ3v) is 4.36. The molecule has 6 nitrogen and oxygen atoms in total. The zero-order chi connectivity index (χ0) is 17.8. The smallest absolute Gasteiger partial charge is 0.245 e. The van der Waals surface area contributed by atoms with E-state index in [9.17, 15) is 9.59 Å². The number of nitrogens with zero attached hydrogens (tertiary/aromatic N) is 3. The van der Waals surface area contributed by atoms with Gasteiger partial charge in [0, 0.05) is 25.7 Å². The normalized spacial score (nSPS) is 17.8. The van der Waals surface area contributed by atoms with Crippen molar-refractivity contribution < 1.29 is 14.3 Å². The highest BCUT2D eigenvalue weighted by Gasteiger charge is 2.37. The Labute approximate surface area is 147 Å². The fourth-order valence-corrected chi connectivity index (χ4v) is 3.01. The number of carbonyl (C=O) groups excluding carboxylic acids is 2. The topological polar surface area (TPSA) is 62.7 Å². The maximum atomic E-state index is 12.7. The summed E-state index contributed by atoms with van der Waals surface area (Å²) < 4.78 is 5.21. The average Bonchev–Trinajstić information content (AvgIpc) is 2.63. The third kappa shape index (κ3) is 3.79. The van der Waals surface area contributed by atoms with E-state index < -0.39 is 6.04 Å². The third-order valence-electron chi connectivity index (χ3n) is 4.36. The fraction of sp³-hybridized carbons (Fsp3) is 0.316. The van der Waals surface area contributed by atoms with Gasteiger partial charge in [-0.15, -0.1) is 0 Å². The van der Waals surface area contributed by atoms with Crippen molar-refractivity contribution in [2.45, 2.75) is 19.0 Å². The molecule has 1 aromatic carbocycles. The molecule has 2 heterocycles. The molecule has 1 aromatic heterocycles. The van der Waals surface area contributed by atoms with Gasteiger partial charge in [0.2, 0.25) is 11.8 Å². The number of amides is 2. The predicted octanol–water partition coefficient (Wildman–Crippen LogP) is 1.50. The molecule has 2 amide bonds. The Hall–Kier alpha value is -2.89. The van der Waals surface area contributed by atoms with Crippen molar-refractivity contribution in [1.29, 1.82) is 0 Å². The zero-order valence-electron chi connectivity index (χ0n) is 14.4. The van der Waals surface area contributed by atoms with Gasteiger partial charge in [-0.3, -0.25) is 14.6 Å². The Bertz CT molecular complexity index is 764. The molecule has 1 atom stereocenters. The summed E-state index contributed by atoms with van der Waals surface area (Å²) in [5.74, 6) is 0.552. The Morgan fingerprint density at radius 1 is 1.20 bits per heavy atom. The van der Waals surface area contributed by atoms with E-state index in [0.717, 1.165) is 5.56 Å². The molecule has 0 saturated carbocycles. The van der Waals surface area contributed by atoms with Crippen molar-refractivity contribution in [3.05, 3.63) is 59.9 Å². The van der Waals surface area contributed by atoms with Crippen molar-refractivity contribution in [1.82, 2.24) is 14.8 Å². The lowest BCUT2D eigenvalue weighted by Crippen LogP contribution is -2.59. The minimum absolute atomic E-state index is 0.0497. The highest BCUT2D eigenvalue weighted by Crippen LogP contribution is 2.20. The molecule has 1 saturated heterocycles. The van der Waals surface area contributed by atoms with E-state index >= 15 is 0 Å². The molecule has 0 bridgehead atoms. The largest absolute Gasteiger partial charge is 0.497 e. The first-order valence-electron chi connectivity index (χ1n) is 8.16. The number of methoxy groups -OCH3 is 1. The maximum Gasteiger partial charge on any atom is 0.245 e. The number of hydrogen-bond donors (Lipinski definition) is 0.